The molecule has 0 radical (unpaired) electrons. The van der Waals surface area contributed by atoms with E-state index in [0.717, 1.165) is 61.0 Å². The average Bonchev–Trinajstić information content (AvgIpc) is 3.51. The summed E-state index contributed by atoms with van der Waals surface area (Å²) in [4.78, 5) is 15.9. The van der Waals surface area contributed by atoms with Gasteiger partial charge >= 0.3 is 0 Å². The van der Waals surface area contributed by atoms with Crippen LogP contribution in [0, 0.1) is 0 Å². The first-order valence-corrected chi connectivity index (χ1v) is 15.9. The zero-order valence-electron chi connectivity index (χ0n) is 24.2. The monoisotopic (exact) mass is 591 g/mol. The zero-order valence-corrected chi connectivity index (χ0v) is 25.0. The Morgan fingerprint density at radius 2 is 1.02 bits per heavy atom. The number of rotatable bonds is 4. The van der Waals surface area contributed by atoms with Gasteiger partial charge in [-0.2, -0.15) is 0 Å². The largest absolute Gasteiger partial charge is 0.245 e. The number of nitrogens with zero attached hydrogens (tertiary/aromatic N) is 3. The first-order chi connectivity index (χ1) is 22.3. The highest BCUT2D eigenvalue weighted by atomic mass is 32.1. The minimum atomic E-state index is 0.689. The summed E-state index contributed by atoms with van der Waals surface area (Å²) >= 11 is 1.83. The van der Waals surface area contributed by atoms with E-state index in [1.807, 2.05) is 35.6 Å². The molecule has 0 unspecified atom stereocenters. The van der Waals surface area contributed by atoms with Crippen LogP contribution in [0.4, 0.5) is 0 Å². The third-order valence-corrected chi connectivity index (χ3v) is 9.71. The van der Waals surface area contributed by atoms with Crippen LogP contribution in [-0.2, 0) is 0 Å². The van der Waals surface area contributed by atoms with Crippen molar-refractivity contribution < 1.29 is 0 Å². The molecule has 0 aliphatic rings. The van der Waals surface area contributed by atoms with Crippen molar-refractivity contribution in [1.29, 1.82) is 0 Å². The van der Waals surface area contributed by atoms with Gasteiger partial charge in [-0.3, -0.25) is 0 Å². The van der Waals surface area contributed by atoms with E-state index in [1.54, 1.807) is 0 Å². The van der Waals surface area contributed by atoms with Gasteiger partial charge in [0.05, 0.1) is 16.9 Å². The van der Waals surface area contributed by atoms with Gasteiger partial charge in [-0.25, -0.2) is 15.0 Å². The molecule has 6 aromatic carbocycles. The van der Waals surface area contributed by atoms with E-state index in [0.29, 0.717) is 5.82 Å². The lowest BCUT2D eigenvalue weighted by molar-refractivity contribution is 1.23. The molecule has 9 rings (SSSR count). The third-order valence-electron chi connectivity index (χ3n) is 8.49. The number of pyridine rings is 1. The van der Waals surface area contributed by atoms with E-state index >= 15 is 0 Å². The molecule has 0 bridgehead atoms. The number of fused-ring (bicyclic) bond motifs is 6. The van der Waals surface area contributed by atoms with E-state index in [2.05, 4.69) is 127 Å². The SMILES string of the molecule is c1ccc(-c2nc(-c3ccccc3)c3ccc4c(-c5ccccc5)cc(-c5cccc6c5sc5ccccc56)nc4c3n2)cc1. The Morgan fingerprint density at radius 3 is 1.80 bits per heavy atom. The number of thiophene rings is 1. The molecule has 0 fully saturated rings. The summed E-state index contributed by atoms with van der Waals surface area (Å²) in [6.07, 6.45) is 0. The highest BCUT2D eigenvalue weighted by molar-refractivity contribution is 7.26. The Labute approximate surface area is 264 Å². The summed E-state index contributed by atoms with van der Waals surface area (Å²) in [5.74, 6) is 0.689. The van der Waals surface area contributed by atoms with Gasteiger partial charge in [0.25, 0.3) is 0 Å². The Kier molecular flexibility index (Phi) is 6.00. The Bertz CT molecular complexity index is 2520. The molecule has 0 N–H and O–H groups in total. The van der Waals surface area contributed by atoms with Crippen LogP contribution in [0.25, 0.3) is 87.0 Å². The van der Waals surface area contributed by atoms with Crippen LogP contribution in [0.5, 0.6) is 0 Å². The highest BCUT2D eigenvalue weighted by Gasteiger charge is 2.19. The van der Waals surface area contributed by atoms with Crippen molar-refractivity contribution in [3.8, 4) is 45.0 Å². The quantitative estimate of drug-likeness (QED) is 0.191. The number of hydrogen-bond donors (Lipinski definition) is 0. The maximum atomic E-state index is 5.47. The van der Waals surface area contributed by atoms with Gasteiger partial charge in [0.1, 0.15) is 5.52 Å². The molecule has 0 amide bonds. The van der Waals surface area contributed by atoms with E-state index in [4.69, 9.17) is 15.0 Å². The van der Waals surface area contributed by atoms with E-state index in [1.165, 1.54) is 20.2 Å². The number of benzene rings is 6. The fraction of sp³-hybridized carbons (Fsp3) is 0. The van der Waals surface area contributed by atoms with Gasteiger partial charge in [0.2, 0.25) is 0 Å². The normalized spacial score (nSPS) is 11.6. The minimum Gasteiger partial charge on any atom is -0.245 e. The van der Waals surface area contributed by atoms with Gasteiger partial charge in [-0.15, -0.1) is 11.3 Å². The maximum Gasteiger partial charge on any atom is 0.160 e. The molecular formula is C41H25N3S. The molecule has 0 atom stereocenters. The van der Waals surface area contributed by atoms with Crippen molar-refractivity contribution in [1.82, 2.24) is 15.0 Å². The second-order valence-corrected chi connectivity index (χ2v) is 12.2. The Hall–Kier alpha value is -5.71. The molecule has 0 saturated carbocycles. The molecule has 0 aliphatic carbocycles. The van der Waals surface area contributed by atoms with E-state index in [-0.39, 0.29) is 0 Å². The topological polar surface area (TPSA) is 38.7 Å². The van der Waals surface area contributed by atoms with Crippen molar-refractivity contribution in [3.05, 3.63) is 152 Å². The molecule has 4 heteroatoms. The summed E-state index contributed by atoms with van der Waals surface area (Å²) in [7, 11) is 0. The van der Waals surface area contributed by atoms with E-state index in [9.17, 15) is 0 Å². The molecule has 3 nitrogen and oxygen atoms in total. The van der Waals surface area contributed by atoms with Gasteiger partial charge in [-0.1, -0.05) is 133 Å². The summed E-state index contributed by atoms with van der Waals surface area (Å²) in [5, 5.41) is 4.59. The molecule has 3 aromatic heterocycles. The smallest absolute Gasteiger partial charge is 0.160 e. The lowest BCUT2D eigenvalue weighted by Crippen LogP contribution is -1.98. The van der Waals surface area contributed by atoms with Crippen molar-refractivity contribution in [2.24, 2.45) is 0 Å². The number of hydrogen-bond acceptors (Lipinski definition) is 4. The van der Waals surface area contributed by atoms with Gasteiger partial charge in [-0.05, 0) is 29.3 Å². The van der Waals surface area contributed by atoms with Crippen molar-refractivity contribution >= 4 is 53.3 Å². The van der Waals surface area contributed by atoms with Crippen molar-refractivity contribution in [2.45, 2.75) is 0 Å². The summed E-state index contributed by atoms with van der Waals surface area (Å²) in [6, 6.07) is 53.0. The maximum absolute atomic E-state index is 5.47. The fourth-order valence-corrected chi connectivity index (χ4v) is 7.58. The van der Waals surface area contributed by atoms with Crippen LogP contribution in [0.1, 0.15) is 0 Å². The summed E-state index contributed by atoms with van der Waals surface area (Å²) in [5.41, 5.74) is 9.01. The van der Waals surface area contributed by atoms with Crippen LogP contribution in [0.3, 0.4) is 0 Å². The van der Waals surface area contributed by atoms with E-state index < -0.39 is 0 Å². The number of aromatic nitrogens is 3. The van der Waals surface area contributed by atoms with Crippen LogP contribution in [0.2, 0.25) is 0 Å². The lowest BCUT2D eigenvalue weighted by atomic mass is 9.95. The average molecular weight is 592 g/mol. The van der Waals surface area contributed by atoms with Crippen molar-refractivity contribution in [3.63, 3.8) is 0 Å². The van der Waals surface area contributed by atoms with Crippen LogP contribution < -0.4 is 0 Å². The van der Waals surface area contributed by atoms with Gasteiger partial charge in [0.15, 0.2) is 5.82 Å². The second kappa shape index (κ2) is 10.5. The Morgan fingerprint density at radius 1 is 0.400 bits per heavy atom. The second-order valence-electron chi connectivity index (χ2n) is 11.2. The molecular weight excluding hydrogens is 567 g/mol. The first kappa shape index (κ1) is 25.8. The predicted molar refractivity (Wildman–Crippen MR) is 189 cm³/mol. The van der Waals surface area contributed by atoms with Crippen molar-refractivity contribution in [2.75, 3.05) is 0 Å². The Balaban J connectivity index is 1.41. The minimum absolute atomic E-state index is 0.689. The molecule has 0 spiro atoms. The molecule has 45 heavy (non-hydrogen) atoms. The first-order valence-electron chi connectivity index (χ1n) is 15.0. The summed E-state index contributed by atoms with van der Waals surface area (Å²) < 4.78 is 2.52. The predicted octanol–water partition coefficient (Wildman–Crippen LogP) is 11.2. The van der Waals surface area contributed by atoms with Crippen LogP contribution in [-0.4, -0.2) is 15.0 Å². The summed E-state index contributed by atoms with van der Waals surface area (Å²) in [6.45, 7) is 0. The third kappa shape index (κ3) is 4.30. The van der Waals surface area contributed by atoms with Gasteiger partial charge in [0, 0.05) is 47.6 Å². The van der Waals surface area contributed by atoms with Crippen LogP contribution >= 0.6 is 11.3 Å². The molecule has 0 aliphatic heterocycles. The fourth-order valence-electron chi connectivity index (χ4n) is 6.35. The highest BCUT2D eigenvalue weighted by Crippen LogP contribution is 2.42. The lowest BCUT2D eigenvalue weighted by Gasteiger charge is -2.15. The van der Waals surface area contributed by atoms with Crippen LogP contribution in [0.15, 0.2) is 152 Å². The molecule has 3 heterocycles. The molecule has 210 valence electrons. The standard InChI is InChI=1S/C41H25N3S/c1-4-13-26(14-5-1)34-25-35(32-21-12-20-31-29-19-10-11-22-36(29)45-40(31)32)42-38-30(34)23-24-33-37(27-15-6-2-7-16-27)43-41(44-39(33)38)28-17-8-3-9-18-28/h1-25H. The molecule has 0 saturated heterocycles. The molecule has 9 aromatic rings. The van der Waals surface area contributed by atoms with Gasteiger partial charge < -0.3 is 0 Å². The zero-order chi connectivity index (χ0) is 29.7.